The molecule has 82 valence electrons. The van der Waals surface area contributed by atoms with Crippen molar-refractivity contribution in [2.45, 2.75) is 19.8 Å². The predicted molar refractivity (Wildman–Crippen MR) is 59.7 cm³/mol. The normalized spacial score (nSPS) is 13.3. The van der Waals surface area contributed by atoms with Gasteiger partial charge in [-0.05, 0) is 43.5 Å². The first-order chi connectivity index (χ1) is 7.24. The van der Waals surface area contributed by atoms with E-state index in [9.17, 15) is 0 Å². The van der Waals surface area contributed by atoms with Gasteiger partial charge in [0.2, 0.25) is 6.79 Å². The molecule has 1 aromatic carbocycles. The average molecular weight is 228 g/mol. The Hall–Kier alpha value is -0.930. The number of hydrogen-bond acceptors (Lipinski definition) is 3. The molecular weight excluding hydrogens is 214 g/mol. The average Bonchev–Trinajstić information content (AvgIpc) is 2.70. The molecule has 2 N–H and O–H groups in total. The quantitative estimate of drug-likeness (QED) is 0.862. The maximum absolute atomic E-state index is 6.09. The van der Waals surface area contributed by atoms with Gasteiger partial charge in [0, 0.05) is 0 Å². The number of halogens is 1. The topological polar surface area (TPSA) is 44.5 Å². The van der Waals surface area contributed by atoms with Gasteiger partial charge in [0.1, 0.15) is 0 Å². The van der Waals surface area contributed by atoms with Crippen molar-refractivity contribution in [3.05, 3.63) is 22.2 Å². The monoisotopic (exact) mass is 227 g/mol. The van der Waals surface area contributed by atoms with Gasteiger partial charge < -0.3 is 15.2 Å². The lowest BCUT2D eigenvalue weighted by atomic mass is 10.0. The van der Waals surface area contributed by atoms with Crippen LogP contribution in [0, 0.1) is 6.92 Å². The number of aryl methyl sites for hydroxylation is 1. The summed E-state index contributed by atoms with van der Waals surface area (Å²) in [7, 11) is 0. The number of rotatable bonds is 3. The maximum Gasteiger partial charge on any atom is 0.231 e. The van der Waals surface area contributed by atoms with E-state index >= 15 is 0 Å². The predicted octanol–water partition coefficient (Wildman–Crippen LogP) is 2.27. The Morgan fingerprint density at radius 3 is 2.87 bits per heavy atom. The molecule has 0 saturated carbocycles. The Morgan fingerprint density at radius 1 is 1.40 bits per heavy atom. The number of hydrogen-bond donors (Lipinski definition) is 1. The minimum Gasteiger partial charge on any atom is -0.453 e. The van der Waals surface area contributed by atoms with Gasteiger partial charge >= 0.3 is 0 Å². The molecule has 0 radical (unpaired) electrons. The van der Waals surface area contributed by atoms with Crippen molar-refractivity contribution in [3.8, 4) is 11.5 Å². The van der Waals surface area contributed by atoms with E-state index in [1.54, 1.807) is 0 Å². The summed E-state index contributed by atoms with van der Waals surface area (Å²) in [4.78, 5) is 0. The van der Waals surface area contributed by atoms with Gasteiger partial charge in [-0.1, -0.05) is 11.6 Å². The second-order valence-electron chi connectivity index (χ2n) is 3.60. The summed E-state index contributed by atoms with van der Waals surface area (Å²) in [5, 5.41) is 0.625. The van der Waals surface area contributed by atoms with E-state index in [2.05, 4.69) is 0 Å². The van der Waals surface area contributed by atoms with E-state index in [1.165, 1.54) is 5.56 Å². The minimum atomic E-state index is 0.260. The summed E-state index contributed by atoms with van der Waals surface area (Å²) in [6.07, 6.45) is 1.88. The van der Waals surface area contributed by atoms with Crippen molar-refractivity contribution in [2.75, 3.05) is 13.3 Å². The molecule has 4 heteroatoms. The van der Waals surface area contributed by atoms with E-state index in [1.807, 2.05) is 13.0 Å². The SMILES string of the molecule is Cc1c(CCCN)cc(Cl)c2c1OCO2. The molecule has 1 aliphatic rings. The number of ether oxygens (including phenoxy) is 2. The molecule has 1 aliphatic heterocycles. The summed E-state index contributed by atoms with van der Waals surface area (Å²) in [6.45, 7) is 2.97. The van der Waals surface area contributed by atoms with Gasteiger partial charge in [0.15, 0.2) is 11.5 Å². The van der Waals surface area contributed by atoms with Gasteiger partial charge in [-0.25, -0.2) is 0 Å². The van der Waals surface area contributed by atoms with E-state index in [0.29, 0.717) is 17.3 Å². The molecule has 3 nitrogen and oxygen atoms in total. The van der Waals surface area contributed by atoms with Crippen LogP contribution in [0.25, 0.3) is 0 Å². The second kappa shape index (κ2) is 4.29. The van der Waals surface area contributed by atoms with Crippen LogP contribution in [-0.2, 0) is 6.42 Å². The first kappa shape index (κ1) is 10.6. The van der Waals surface area contributed by atoms with Crippen LogP contribution in [0.3, 0.4) is 0 Å². The van der Waals surface area contributed by atoms with Crippen LogP contribution in [-0.4, -0.2) is 13.3 Å². The molecular formula is C11H14ClNO2. The zero-order valence-electron chi connectivity index (χ0n) is 8.68. The summed E-state index contributed by atoms with van der Waals surface area (Å²) in [6, 6.07) is 1.94. The fourth-order valence-corrected chi connectivity index (χ4v) is 2.03. The molecule has 2 rings (SSSR count). The molecule has 1 heterocycles. The Morgan fingerprint density at radius 2 is 2.13 bits per heavy atom. The van der Waals surface area contributed by atoms with Crippen molar-refractivity contribution in [1.82, 2.24) is 0 Å². The van der Waals surface area contributed by atoms with Crippen LogP contribution in [0.15, 0.2) is 6.07 Å². The summed E-state index contributed by atoms with van der Waals surface area (Å²) >= 11 is 6.09. The summed E-state index contributed by atoms with van der Waals surface area (Å²) < 4.78 is 10.7. The Labute approximate surface area is 94.1 Å². The van der Waals surface area contributed by atoms with Crippen molar-refractivity contribution >= 4 is 11.6 Å². The lowest BCUT2D eigenvalue weighted by Gasteiger charge is -2.09. The third kappa shape index (κ3) is 1.90. The van der Waals surface area contributed by atoms with Crippen molar-refractivity contribution < 1.29 is 9.47 Å². The Balaban J connectivity index is 2.36. The fourth-order valence-electron chi connectivity index (χ4n) is 1.76. The standard InChI is InChI=1S/C11H14ClNO2/c1-7-8(3-2-4-13)5-9(12)11-10(7)14-6-15-11/h5H,2-4,6,13H2,1H3. The molecule has 0 bridgehead atoms. The van der Waals surface area contributed by atoms with Crippen LogP contribution in [0.4, 0.5) is 0 Å². The van der Waals surface area contributed by atoms with Gasteiger partial charge in [0.05, 0.1) is 5.02 Å². The first-order valence-electron chi connectivity index (χ1n) is 5.01. The maximum atomic E-state index is 6.09. The van der Waals surface area contributed by atoms with Gasteiger partial charge in [0.25, 0.3) is 0 Å². The van der Waals surface area contributed by atoms with E-state index in [-0.39, 0.29) is 6.79 Å². The summed E-state index contributed by atoms with van der Waals surface area (Å²) in [5.74, 6) is 1.46. The third-order valence-corrected chi connectivity index (χ3v) is 2.88. The van der Waals surface area contributed by atoms with Crippen LogP contribution < -0.4 is 15.2 Å². The first-order valence-corrected chi connectivity index (χ1v) is 5.39. The van der Waals surface area contributed by atoms with Crippen LogP contribution in [0.2, 0.25) is 5.02 Å². The molecule has 0 unspecified atom stereocenters. The smallest absolute Gasteiger partial charge is 0.231 e. The molecule has 0 spiro atoms. The van der Waals surface area contributed by atoms with E-state index in [0.717, 1.165) is 24.2 Å². The number of nitrogens with two attached hydrogens (primary N) is 1. The molecule has 0 amide bonds. The minimum absolute atomic E-state index is 0.260. The number of fused-ring (bicyclic) bond motifs is 1. The van der Waals surface area contributed by atoms with Crippen molar-refractivity contribution in [3.63, 3.8) is 0 Å². The molecule has 0 aliphatic carbocycles. The molecule has 15 heavy (non-hydrogen) atoms. The lowest BCUT2D eigenvalue weighted by molar-refractivity contribution is 0.173. The van der Waals surface area contributed by atoms with Gasteiger partial charge in [-0.15, -0.1) is 0 Å². The van der Waals surface area contributed by atoms with Gasteiger partial charge in [-0.2, -0.15) is 0 Å². The molecule has 0 fully saturated rings. The van der Waals surface area contributed by atoms with Crippen LogP contribution >= 0.6 is 11.6 Å². The Kier molecular flexibility index (Phi) is 3.03. The van der Waals surface area contributed by atoms with Crippen molar-refractivity contribution in [2.24, 2.45) is 5.73 Å². The largest absolute Gasteiger partial charge is 0.453 e. The van der Waals surface area contributed by atoms with E-state index in [4.69, 9.17) is 26.8 Å². The zero-order valence-corrected chi connectivity index (χ0v) is 9.43. The Bertz CT molecular complexity index is 379. The third-order valence-electron chi connectivity index (χ3n) is 2.60. The molecule has 0 atom stereocenters. The lowest BCUT2D eigenvalue weighted by Crippen LogP contribution is -2.01. The summed E-state index contributed by atoms with van der Waals surface area (Å²) in [5.41, 5.74) is 7.79. The molecule has 0 saturated heterocycles. The fraction of sp³-hybridized carbons (Fsp3) is 0.455. The molecule has 1 aromatic rings. The van der Waals surface area contributed by atoms with Crippen molar-refractivity contribution in [1.29, 1.82) is 0 Å². The highest BCUT2D eigenvalue weighted by Gasteiger charge is 2.21. The highest BCUT2D eigenvalue weighted by Crippen LogP contribution is 2.43. The molecule has 0 aromatic heterocycles. The van der Waals surface area contributed by atoms with E-state index < -0.39 is 0 Å². The zero-order chi connectivity index (χ0) is 10.8. The second-order valence-corrected chi connectivity index (χ2v) is 4.01. The highest BCUT2D eigenvalue weighted by atomic mass is 35.5. The van der Waals surface area contributed by atoms with Crippen LogP contribution in [0.5, 0.6) is 11.5 Å². The van der Waals surface area contributed by atoms with Gasteiger partial charge in [-0.3, -0.25) is 0 Å². The highest BCUT2D eigenvalue weighted by molar-refractivity contribution is 6.32. The number of benzene rings is 1. The van der Waals surface area contributed by atoms with Crippen LogP contribution in [0.1, 0.15) is 17.5 Å².